The van der Waals surface area contributed by atoms with Crippen molar-refractivity contribution in [1.82, 2.24) is 0 Å². The van der Waals surface area contributed by atoms with Gasteiger partial charge >= 0.3 is 0 Å². The molecule has 0 radical (unpaired) electrons. The smallest absolute Gasteiger partial charge is 0.119 e. The molecule has 0 spiro atoms. The van der Waals surface area contributed by atoms with Gasteiger partial charge in [0, 0.05) is 0 Å². The lowest BCUT2D eigenvalue weighted by atomic mass is 9.96. The highest BCUT2D eigenvalue weighted by atomic mass is 16.6. The molecule has 0 bridgehead atoms. The average molecular weight is 218 g/mol. The van der Waals surface area contributed by atoms with Gasteiger partial charge in [0.1, 0.15) is 18.5 Å². The summed E-state index contributed by atoms with van der Waals surface area (Å²) in [7, 11) is 0. The van der Waals surface area contributed by atoms with Gasteiger partial charge in [-0.15, -0.1) is 0 Å². The molecule has 1 aromatic rings. The molecule has 16 heavy (non-hydrogen) atoms. The highest BCUT2D eigenvalue weighted by Gasteiger charge is 2.27. The maximum absolute atomic E-state index is 5.71. The molecule has 3 atom stereocenters. The minimum absolute atomic E-state index is 0.338. The zero-order valence-corrected chi connectivity index (χ0v) is 9.90. The monoisotopic (exact) mass is 218 g/mol. The van der Waals surface area contributed by atoms with E-state index in [1.165, 1.54) is 17.5 Å². The Morgan fingerprint density at radius 1 is 1.38 bits per heavy atom. The van der Waals surface area contributed by atoms with E-state index in [4.69, 9.17) is 9.47 Å². The van der Waals surface area contributed by atoms with Gasteiger partial charge in [-0.25, -0.2) is 0 Å². The molecule has 0 aromatic heterocycles. The summed E-state index contributed by atoms with van der Waals surface area (Å²) in [6.45, 7) is 6.19. The Bertz CT molecular complexity index is 396. The van der Waals surface area contributed by atoms with E-state index in [-0.39, 0.29) is 0 Å². The molecule has 1 aliphatic carbocycles. The fourth-order valence-corrected chi connectivity index (χ4v) is 2.46. The van der Waals surface area contributed by atoms with Crippen LogP contribution in [0, 0.1) is 5.92 Å². The number of benzene rings is 1. The summed E-state index contributed by atoms with van der Waals surface area (Å²) in [4.78, 5) is 0. The van der Waals surface area contributed by atoms with E-state index in [1.54, 1.807) is 0 Å². The molecule has 1 aromatic carbocycles. The summed E-state index contributed by atoms with van der Waals surface area (Å²) in [5.41, 5.74) is 2.97. The molecular weight excluding hydrogens is 200 g/mol. The van der Waals surface area contributed by atoms with E-state index in [2.05, 4.69) is 32.0 Å². The Labute approximate surface area is 96.6 Å². The highest BCUT2D eigenvalue weighted by Crippen LogP contribution is 2.39. The molecule has 1 heterocycles. The largest absolute Gasteiger partial charge is 0.491 e. The van der Waals surface area contributed by atoms with E-state index >= 15 is 0 Å². The predicted octanol–water partition coefficient (Wildman–Crippen LogP) is 2.76. The predicted molar refractivity (Wildman–Crippen MR) is 63.0 cm³/mol. The van der Waals surface area contributed by atoms with Gasteiger partial charge < -0.3 is 9.47 Å². The van der Waals surface area contributed by atoms with Crippen molar-refractivity contribution in [2.75, 3.05) is 13.2 Å². The van der Waals surface area contributed by atoms with Crippen molar-refractivity contribution < 1.29 is 9.47 Å². The molecule has 2 aliphatic rings. The topological polar surface area (TPSA) is 21.8 Å². The summed E-state index contributed by atoms with van der Waals surface area (Å²) in [5, 5.41) is 0. The van der Waals surface area contributed by atoms with Crippen LogP contribution in [0.4, 0.5) is 0 Å². The zero-order valence-electron chi connectivity index (χ0n) is 9.90. The minimum Gasteiger partial charge on any atom is -0.491 e. The lowest BCUT2D eigenvalue weighted by molar-refractivity contribution is 0.263. The van der Waals surface area contributed by atoms with Gasteiger partial charge in [-0.3, -0.25) is 0 Å². The van der Waals surface area contributed by atoms with Crippen LogP contribution in [0.2, 0.25) is 0 Å². The molecule has 3 rings (SSSR count). The Balaban J connectivity index is 1.76. The first-order valence-electron chi connectivity index (χ1n) is 6.11. The lowest BCUT2D eigenvalue weighted by Crippen LogP contribution is -2.04. The first-order chi connectivity index (χ1) is 7.74. The maximum atomic E-state index is 5.71. The Morgan fingerprint density at radius 2 is 2.19 bits per heavy atom. The number of rotatable bonds is 3. The highest BCUT2D eigenvalue weighted by molar-refractivity contribution is 5.41. The van der Waals surface area contributed by atoms with Crippen LogP contribution in [0.25, 0.3) is 0 Å². The first-order valence-corrected chi connectivity index (χ1v) is 6.11. The van der Waals surface area contributed by atoms with Gasteiger partial charge in [-0.05, 0) is 41.5 Å². The van der Waals surface area contributed by atoms with Crippen molar-refractivity contribution in [1.29, 1.82) is 0 Å². The van der Waals surface area contributed by atoms with Crippen molar-refractivity contribution in [3.8, 4) is 5.75 Å². The minimum atomic E-state index is 0.338. The number of epoxide rings is 1. The van der Waals surface area contributed by atoms with E-state index in [9.17, 15) is 0 Å². The molecular formula is C14H18O2. The Morgan fingerprint density at radius 3 is 2.94 bits per heavy atom. The van der Waals surface area contributed by atoms with Crippen molar-refractivity contribution in [2.24, 2.45) is 5.92 Å². The third kappa shape index (κ3) is 1.82. The van der Waals surface area contributed by atoms with Crippen LogP contribution in [-0.2, 0) is 11.2 Å². The van der Waals surface area contributed by atoms with Gasteiger partial charge in [-0.1, -0.05) is 19.9 Å². The first kappa shape index (κ1) is 10.2. The van der Waals surface area contributed by atoms with E-state index in [0.717, 1.165) is 18.3 Å². The fraction of sp³-hybridized carbons (Fsp3) is 0.571. The standard InChI is InChI=1S/C14H18O2/c1-9-5-11-3-4-12(6-14(11)10(9)2)15-7-13-8-16-13/h3-4,6,9-10,13H,5,7-8H2,1-2H3. The van der Waals surface area contributed by atoms with E-state index < -0.39 is 0 Å². The van der Waals surface area contributed by atoms with Crippen LogP contribution < -0.4 is 4.74 Å². The SMILES string of the molecule is CC1Cc2ccc(OCC3CO3)cc2C1C. The number of ether oxygens (including phenoxy) is 2. The van der Waals surface area contributed by atoms with E-state index in [0.29, 0.717) is 18.6 Å². The van der Waals surface area contributed by atoms with Crippen LogP contribution in [-0.4, -0.2) is 19.3 Å². The number of fused-ring (bicyclic) bond motifs is 1. The fourth-order valence-electron chi connectivity index (χ4n) is 2.46. The van der Waals surface area contributed by atoms with Crippen LogP contribution in [0.15, 0.2) is 18.2 Å². The second-order valence-corrected chi connectivity index (χ2v) is 5.10. The van der Waals surface area contributed by atoms with Crippen LogP contribution in [0.1, 0.15) is 30.9 Å². The summed E-state index contributed by atoms with van der Waals surface area (Å²) < 4.78 is 10.8. The van der Waals surface area contributed by atoms with Crippen molar-refractivity contribution in [3.05, 3.63) is 29.3 Å². The third-order valence-electron chi connectivity index (χ3n) is 3.84. The molecule has 0 N–H and O–H groups in total. The molecule has 1 aliphatic heterocycles. The molecule has 3 unspecified atom stereocenters. The maximum Gasteiger partial charge on any atom is 0.119 e. The van der Waals surface area contributed by atoms with Crippen LogP contribution >= 0.6 is 0 Å². The third-order valence-corrected chi connectivity index (χ3v) is 3.84. The van der Waals surface area contributed by atoms with Gasteiger partial charge in [0.2, 0.25) is 0 Å². The second kappa shape index (κ2) is 3.77. The van der Waals surface area contributed by atoms with Gasteiger partial charge in [0.05, 0.1) is 6.61 Å². The van der Waals surface area contributed by atoms with Crippen molar-refractivity contribution in [3.63, 3.8) is 0 Å². The average Bonchev–Trinajstić information content (AvgIpc) is 3.06. The van der Waals surface area contributed by atoms with Gasteiger partial charge in [0.15, 0.2) is 0 Å². The van der Waals surface area contributed by atoms with Gasteiger partial charge in [-0.2, -0.15) is 0 Å². The normalized spacial score (nSPS) is 31.2. The second-order valence-electron chi connectivity index (χ2n) is 5.10. The molecule has 1 fully saturated rings. The number of hydrogen-bond donors (Lipinski definition) is 0. The quantitative estimate of drug-likeness (QED) is 0.728. The summed E-state index contributed by atoms with van der Waals surface area (Å²) in [6, 6.07) is 6.52. The van der Waals surface area contributed by atoms with E-state index in [1.807, 2.05) is 0 Å². The molecule has 0 amide bonds. The summed E-state index contributed by atoms with van der Waals surface area (Å²) >= 11 is 0. The summed E-state index contributed by atoms with van der Waals surface area (Å²) in [5.74, 6) is 2.42. The summed E-state index contributed by atoms with van der Waals surface area (Å²) in [6.07, 6.45) is 1.55. The van der Waals surface area contributed by atoms with Gasteiger partial charge in [0.25, 0.3) is 0 Å². The van der Waals surface area contributed by atoms with Crippen molar-refractivity contribution >= 4 is 0 Å². The molecule has 1 saturated heterocycles. The molecule has 0 saturated carbocycles. The Kier molecular flexibility index (Phi) is 2.40. The lowest BCUT2D eigenvalue weighted by Gasteiger charge is -2.11. The van der Waals surface area contributed by atoms with Crippen LogP contribution in [0.3, 0.4) is 0 Å². The molecule has 2 heteroatoms. The van der Waals surface area contributed by atoms with Crippen LogP contribution in [0.5, 0.6) is 5.75 Å². The van der Waals surface area contributed by atoms with Crippen molar-refractivity contribution in [2.45, 2.75) is 32.3 Å². The molecule has 2 nitrogen and oxygen atoms in total. The molecule has 86 valence electrons. The Hall–Kier alpha value is -1.02. The number of hydrogen-bond acceptors (Lipinski definition) is 2. The zero-order chi connectivity index (χ0) is 11.1.